The van der Waals surface area contributed by atoms with Crippen molar-refractivity contribution >= 4 is 0 Å². The van der Waals surface area contributed by atoms with Crippen molar-refractivity contribution in [3.8, 4) is 0 Å². The first-order valence-corrected chi connectivity index (χ1v) is 5.86. The average molecular weight is 199 g/mol. The molecule has 0 amide bonds. The summed E-state index contributed by atoms with van der Waals surface area (Å²) < 4.78 is 0. The van der Waals surface area contributed by atoms with Crippen LogP contribution in [0.3, 0.4) is 0 Å². The standard InChI is InChI=1S/C11H25N3/c12-6-2-5-11(9-14)4-1-3-10(7-11)8-13/h10H,1-9,12-14H2. The number of hydrogen-bond acceptors (Lipinski definition) is 3. The summed E-state index contributed by atoms with van der Waals surface area (Å²) in [6.07, 6.45) is 7.38. The molecular weight excluding hydrogens is 174 g/mol. The van der Waals surface area contributed by atoms with Crippen LogP contribution in [0.4, 0.5) is 0 Å². The molecule has 1 rings (SSSR count). The van der Waals surface area contributed by atoms with E-state index in [1.165, 1.54) is 32.1 Å². The molecule has 0 aromatic rings. The molecule has 3 nitrogen and oxygen atoms in total. The maximum Gasteiger partial charge on any atom is -0.00204 e. The molecule has 0 heterocycles. The van der Waals surface area contributed by atoms with Gasteiger partial charge in [0, 0.05) is 0 Å². The summed E-state index contributed by atoms with van der Waals surface area (Å²) in [5, 5.41) is 0. The van der Waals surface area contributed by atoms with E-state index in [1.807, 2.05) is 0 Å². The van der Waals surface area contributed by atoms with Crippen molar-refractivity contribution in [3.05, 3.63) is 0 Å². The molecule has 0 aliphatic heterocycles. The summed E-state index contributed by atoms with van der Waals surface area (Å²) in [6, 6.07) is 0. The molecule has 0 aromatic carbocycles. The highest BCUT2D eigenvalue weighted by Gasteiger charge is 2.33. The molecule has 14 heavy (non-hydrogen) atoms. The third kappa shape index (κ3) is 2.94. The van der Waals surface area contributed by atoms with E-state index < -0.39 is 0 Å². The second-order valence-electron chi connectivity index (χ2n) is 4.79. The Kier molecular flexibility index (Phi) is 4.85. The lowest BCUT2D eigenvalue weighted by atomic mass is 9.67. The van der Waals surface area contributed by atoms with E-state index in [9.17, 15) is 0 Å². The van der Waals surface area contributed by atoms with Crippen LogP contribution in [0.5, 0.6) is 0 Å². The second kappa shape index (κ2) is 5.69. The molecule has 0 spiro atoms. The van der Waals surface area contributed by atoms with E-state index in [0.29, 0.717) is 11.3 Å². The molecule has 0 radical (unpaired) electrons. The Hall–Kier alpha value is -0.120. The molecule has 2 atom stereocenters. The van der Waals surface area contributed by atoms with Crippen LogP contribution in [0.15, 0.2) is 0 Å². The third-order valence-electron chi connectivity index (χ3n) is 3.72. The highest BCUT2D eigenvalue weighted by molar-refractivity contribution is 4.87. The van der Waals surface area contributed by atoms with Crippen molar-refractivity contribution in [2.45, 2.75) is 38.5 Å². The van der Waals surface area contributed by atoms with Crippen LogP contribution in [0.2, 0.25) is 0 Å². The Morgan fingerprint density at radius 1 is 1.21 bits per heavy atom. The molecule has 3 heteroatoms. The lowest BCUT2D eigenvalue weighted by Gasteiger charge is -2.40. The average Bonchev–Trinajstić information content (AvgIpc) is 2.26. The number of rotatable bonds is 5. The van der Waals surface area contributed by atoms with Gasteiger partial charge in [0.2, 0.25) is 0 Å². The van der Waals surface area contributed by atoms with Gasteiger partial charge in [0.1, 0.15) is 0 Å². The summed E-state index contributed by atoms with van der Waals surface area (Å²) in [4.78, 5) is 0. The van der Waals surface area contributed by atoms with Gasteiger partial charge in [0.05, 0.1) is 0 Å². The normalized spacial score (nSPS) is 33.2. The zero-order valence-corrected chi connectivity index (χ0v) is 9.17. The van der Waals surface area contributed by atoms with Crippen molar-refractivity contribution in [3.63, 3.8) is 0 Å². The first-order chi connectivity index (χ1) is 6.76. The fourth-order valence-electron chi connectivity index (χ4n) is 2.77. The zero-order valence-electron chi connectivity index (χ0n) is 9.17. The minimum Gasteiger partial charge on any atom is -0.330 e. The van der Waals surface area contributed by atoms with Gasteiger partial charge in [-0.25, -0.2) is 0 Å². The topological polar surface area (TPSA) is 78.1 Å². The summed E-state index contributed by atoms with van der Waals surface area (Å²) in [6.45, 7) is 2.42. The van der Waals surface area contributed by atoms with Crippen LogP contribution in [-0.2, 0) is 0 Å². The maximum absolute atomic E-state index is 5.91. The van der Waals surface area contributed by atoms with E-state index >= 15 is 0 Å². The van der Waals surface area contributed by atoms with E-state index in [0.717, 1.165) is 26.1 Å². The van der Waals surface area contributed by atoms with Gasteiger partial charge in [0.15, 0.2) is 0 Å². The predicted octanol–water partition coefficient (Wildman–Crippen LogP) is 0.819. The van der Waals surface area contributed by atoms with Crippen LogP contribution in [-0.4, -0.2) is 19.6 Å². The first-order valence-electron chi connectivity index (χ1n) is 5.86. The van der Waals surface area contributed by atoms with E-state index in [-0.39, 0.29) is 0 Å². The minimum atomic E-state index is 0.363. The van der Waals surface area contributed by atoms with Crippen LogP contribution in [0, 0.1) is 11.3 Å². The fraction of sp³-hybridized carbons (Fsp3) is 1.00. The van der Waals surface area contributed by atoms with Gasteiger partial charge in [-0.05, 0) is 63.1 Å². The molecule has 84 valence electrons. The van der Waals surface area contributed by atoms with Gasteiger partial charge in [0.25, 0.3) is 0 Å². The van der Waals surface area contributed by atoms with Crippen molar-refractivity contribution in [1.29, 1.82) is 0 Å². The fourth-order valence-corrected chi connectivity index (χ4v) is 2.77. The van der Waals surface area contributed by atoms with Crippen LogP contribution < -0.4 is 17.2 Å². The molecule has 0 aromatic heterocycles. The Morgan fingerprint density at radius 2 is 2.00 bits per heavy atom. The third-order valence-corrected chi connectivity index (χ3v) is 3.72. The van der Waals surface area contributed by atoms with Crippen LogP contribution >= 0.6 is 0 Å². The van der Waals surface area contributed by atoms with Crippen molar-refractivity contribution in [2.75, 3.05) is 19.6 Å². The van der Waals surface area contributed by atoms with E-state index in [4.69, 9.17) is 17.2 Å². The van der Waals surface area contributed by atoms with E-state index in [2.05, 4.69) is 0 Å². The minimum absolute atomic E-state index is 0.363. The smallest absolute Gasteiger partial charge is 0.00204 e. The highest BCUT2D eigenvalue weighted by Crippen LogP contribution is 2.41. The lowest BCUT2D eigenvalue weighted by molar-refractivity contribution is 0.135. The van der Waals surface area contributed by atoms with Gasteiger partial charge < -0.3 is 17.2 Å². The van der Waals surface area contributed by atoms with Gasteiger partial charge in [-0.1, -0.05) is 6.42 Å². The van der Waals surface area contributed by atoms with Crippen molar-refractivity contribution < 1.29 is 0 Å². The number of hydrogen-bond donors (Lipinski definition) is 3. The molecular formula is C11H25N3. The zero-order chi connectivity index (χ0) is 10.4. The molecule has 0 saturated heterocycles. The van der Waals surface area contributed by atoms with Crippen molar-refractivity contribution in [2.24, 2.45) is 28.5 Å². The Labute approximate surface area is 87.4 Å². The van der Waals surface area contributed by atoms with Gasteiger partial charge in [-0.3, -0.25) is 0 Å². The maximum atomic E-state index is 5.91. The van der Waals surface area contributed by atoms with Crippen LogP contribution in [0.1, 0.15) is 38.5 Å². The largest absolute Gasteiger partial charge is 0.330 e. The summed E-state index contributed by atoms with van der Waals surface area (Å²) in [5.41, 5.74) is 17.6. The SMILES string of the molecule is NCCCC1(CN)CCCC(CN)C1. The van der Waals surface area contributed by atoms with E-state index in [1.54, 1.807) is 0 Å². The second-order valence-corrected chi connectivity index (χ2v) is 4.79. The first kappa shape index (κ1) is 12.0. The summed E-state index contributed by atoms with van der Waals surface area (Å²) >= 11 is 0. The molecule has 1 fully saturated rings. The quantitative estimate of drug-likeness (QED) is 0.613. The Morgan fingerprint density at radius 3 is 2.57 bits per heavy atom. The molecule has 1 aliphatic carbocycles. The predicted molar refractivity (Wildman–Crippen MR) is 60.8 cm³/mol. The van der Waals surface area contributed by atoms with Crippen molar-refractivity contribution in [1.82, 2.24) is 0 Å². The van der Waals surface area contributed by atoms with Gasteiger partial charge in [-0.2, -0.15) is 0 Å². The number of nitrogens with two attached hydrogens (primary N) is 3. The lowest BCUT2D eigenvalue weighted by Crippen LogP contribution is -2.38. The highest BCUT2D eigenvalue weighted by atomic mass is 14.6. The molecule has 0 bridgehead atoms. The molecule has 1 aliphatic rings. The summed E-state index contributed by atoms with van der Waals surface area (Å²) in [5.74, 6) is 0.699. The molecule has 1 saturated carbocycles. The Bertz CT molecular complexity index is 161. The molecule has 2 unspecified atom stereocenters. The Balaban J connectivity index is 2.49. The molecule has 6 N–H and O–H groups in total. The monoisotopic (exact) mass is 199 g/mol. The van der Waals surface area contributed by atoms with Gasteiger partial charge >= 0.3 is 0 Å². The summed E-state index contributed by atoms with van der Waals surface area (Å²) in [7, 11) is 0. The van der Waals surface area contributed by atoms with Crippen LogP contribution in [0.25, 0.3) is 0 Å². The van der Waals surface area contributed by atoms with Gasteiger partial charge in [-0.15, -0.1) is 0 Å².